The summed E-state index contributed by atoms with van der Waals surface area (Å²) in [6, 6.07) is 8.48. The molecule has 0 bridgehead atoms. The van der Waals surface area contributed by atoms with Crippen LogP contribution in [0.2, 0.25) is 0 Å². The smallest absolute Gasteiger partial charge is 0.223 e. The van der Waals surface area contributed by atoms with E-state index in [2.05, 4.69) is 65.3 Å². The molecule has 1 N–H and O–H groups in total. The van der Waals surface area contributed by atoms with Gasteiger partial charge in [-0.3, -0.25) is 4.79 Å². The molecule has 2 aromatic rings. The standard InChI is InChI=1S/C26H31N3O/c1-25-14-12-24(30)27-15-17(25)7-8-18-19-9-10-23(26(19,2)13-11-20(18)25)29-16-28-21-5-3-4-6-22(21)29/h3-6,10,15-16,18-20H,7-9,11-14H2,1-2H3,(H,27,30)/t18?,19?,20?,25-,26-/m0/s1. The van der Waals surface area contributed by atoms with Crippen LogP contribution in [-0.4, -0.2) is 15.5 Å². The van der Waals surface area contributed by atoms with Crippen molar-refractivity contribution < 1.29 is 4.79 Å². The number of hydrogen-bond acceptors (Lipinski definition) is 2. The van der Waals surface area contributed by atoms with Gasteiger partial charge in [-0.1, -0.05) is 32.1 Å². The topological polar surface area (TPSA) is 46.9 Å². The van der Waals surface area contributed by atoms with Crippen LogP contribution in [0, 0.1) is 28.6 Å². The zero-order chi connectivity index (χ0) is 20.5. The lowest BCUT2D eigenvalue weighted by Crippen LogP contribution is -2.49. The van der Waals surface area contributed by atoms with Crippen LogP contribution in [-0.2, 0) is 4.79 Å². The highest BCUT2D eigenvalue weighted by Crippen LogP contribution is 2.65. The molecule has 30 heavy (non-hydrogen) atoms. The number of para-hydroxylation sites is 2. The summed E-state index contributed by atoms with van der Waals surface area (Å²) in [4.78, 5) is 16.7. The summed E-state index contributed by atoms with van der Waals surface area (Å²) < 4.78 is 2.36. The number of carbonyl (C=O) groups is 1. The molecule has 3 unspecified atom stereocenters. The van der Waals surface area contributed by atoms with Crippen molar-refractivity contribution in [2.75, 3.05) is 0 Å². The highest BCUT2D eigenvalue weighted by atomic mass is 16.1. The Morgan fingerprint density at radius 1 is 1.07 bits per heavy atom. The SMILES string of the molecule is C[C@]12CCC(=O)NC=C1CCC1C2CC[C@]2(C)C(n3cnc4ccccc43)=CCC12. The molecule has 156 valence electrons. The molecule has 5 atom stereocenters. The number of rotatable bonds is 1. The maximum Gasteiger partial charge on any atom is 0.223 e. The molecule has 4 aliphatic rings. The molecule has 2 heterocycles. The van der Waals surface area contributed by atoms with E-state index in [4.69, 9.17) is 0 Å². The minimum atomic E-state index is 0.174. The van der Waals surface area contributed by atoms with Gasteiger partial charge in [0.25, 0.3) is 0 Å². The van der Waals surface area contributed by atoms with Crippen LogP contribution in [0.5, 0.6) is 0 Å². The van der Waals surface area contributed by atoms with Gasteiger partial charge in [-0.2, -0.15) is 0 Å². The van der Waals surface area contributed by atoms with Crippen molar-refractivity contribution in [3.8, 4) is 0 Å². The van der Waals surface area contributed by atoms with Gasteiger partial charge in [0, 0.05) is 23.7 Å². The minimum Gasteiger partial charge on any atom is -0.333 e. The number of amides is 1. The number of nitrogens with zero attached hydrogens (tertiary/aromatic N) is 2. The van der Waals surface area contributed by atoms with Crippen LogP contribution >= 0.6 is 0 Å². The van der Waals surface area contributed by atoms with Crippen molar-refractivity contribution >= 4 is 22.6 Å². The van der Waals surface area contributed by atoms with Crippen molar-refractivity contribution in [3.63, 3.8) is 0 Å². The van der Waals surface area contributed by atoms with E-state index in [-0.39, 0.29) is 16.7 Å². The molecule has 1 aromatic heterocycles. The first-order chi connectivity index (χ1) is 14.5. The van der Waals surface area contributed by atoms with Gasteiger partial charge < -0.3 is 9.88 Å². The lowest BCUT2D eigenvalue weighted by Gasteiger charge is -2.56. The monoisotopic (exact) mass is 401 g/mol. The average Bonchev–Trinajstić information content (AvgIpc) is 3.27. The van der Waals surface area contributed by atoms with Gasteiger partial charge in [0.2, 0.25) is 5.91 Å². The van der Waals surface area contributed by atoms with E-state index in [1.807, 2.05) is 6.33 Å². The third-order valence-electron chi connectivity index (χ3n) is 9.27. The molecule has 2 saturated carbocycles. The fraction of sp³-hybridized carbons (Fsp3) is 0.538. The zero-order valence-electron chi connectivity index (χ0n) is 18.0. The molecule has 0 spiro atoms. The summed E-state index contributed by atoms with van der Waals surface area (Å²) in [5.74, 6) is 2.31. The first-order valence-electron chi connectivity index (χ1n) is 11.6. The maximum absolute atomic E-state index is 12.1. The molecule has 1 amide bonds. The van der Waals surface area contributed by atoms with E-state index >= 15 is 0 Å². The summed E-state index contributed by atoms with van der Waals surface area (Å²) in [7, 11) is 0. The van der Waals surface area contributed by atoms with E-state index in [1.165, 1.54) is 42.5 Å². The Balaban J connectivity index is 1.35. The number of allylic oxidation sites excluding steroid dienone is 3. The van der Waals surface area contributed by atoms with Crippen molar-refractivity contribution in [2.45, 2.75) is 58.8 Å². The van der Waals surface area contributed by atoms with Crippen LogP contribution in [0.3, 0.4) is 0 Å². The minimum absolute atomic E-state index is 0.174. The predicted octanol–water partition coefficient (Wildman–Crippen LogP) is 5.52. The Morgan fingerprint density at radius 3 is 2.83 bits per heavy atom. The van der Waals surface area contributed by atoms with Crippen molar-refractivity contribution in [1.82, 2.24) is 14.9 Å². The second-order valence-electron chi connectivity index (χ2n) is 10.5. The van der Waals surface area contributed by atoms with Crippen LogP contribution in [0.25, 0.3) is 16.7 Å². The molecule has 4 nitrogen and oxygen atoms in total. The van der Waals surface area contributed by atoms with Crippen LogP contribution in [0.4, 0.5) is 0 Å². The first kappa shape index (κ1) is 18.4. The number of nitrogens with one attached hydrogen (secondary N) is 1. The molecule has 6 rings (SSSR count). The van der Waals surface area contributed by atoms with Gasteiger partial charge >= 0.3 is 0 Å². The van der Waals surface area contributed by atoms with Gasteiger partial charge in [0.05, 0.1) is 11.0 Å². The third kappa shape index (κ3) is 2.39. The summed E-state index contributed by atoms with van der Waals surface area (Å²) in [6.07, 6.45) is 14.3. The Labute approximate surface area is 178 Å². The largest absolute Gasteiger partial charge is 0.333 e. The molecule has 0 radical (unpaired) electrons. The lowest BCUT2D eigenvalue weighted by molar-refractivity contribution is -0.120. The maximum atomic E-state index is 12.1. The molecule has 0 saturated heterocycles. The van der Waals surface area contributed by atoms with Crippen LogP contribution < -0.4 is 5.32 Å². The quantitative estimate of drug-likeness (QED) is 0.683. The van der Waals surface area contributed by atoms with Gasteiger partial charge in [-0.25, -0.2) is 4.98 Å². The van der Waals surface area contributed by atoms with E-state index in [0.717, 1.165) is 24.3 Å². The van der Waals surface area contributed by atoms with Gasteiger partial charge in [0.15, 0.2) is 0 Å². The van der Waals surface area contributed by atoms with E-state index in [9.17, 15) is 4.79 Å². The van der Waals surface area contributed by atoms with Crippen molar-refractivity contribution in [1.29, 1.82) is 0 Å². The summed E-state index contributed by atoms with van der Waals surface area (Å²) >= 11 is 0. The number of imidazole rings is 1. The Hall–Kier alpha value is -2.36. The van der Waals surface area contributed by atoms with Gasteiger partial charge in [-0.05, 0) is 79.4 Å². The van der Waals surface area contributed by atoms with E-state index < -0.39 is 0 Å². The molecule has 1 aliphatic heterocycles. The van der Waals surface area contributed by atoms with Crippen LogP contribution in [0.1, 0.15) is 58.8 Å². The van der Waals surface area contributed by atoms with Crippen LogP contribution in [0.15, 0.2) is 48.4 Å². The van der Waals surface area contributed by atoms with Crippen molar-refractivity contribution in [2.24, 2.45) is 28.6 Å². The first-order valence-corrected chi connectivity index (χ1v) is 11.6. The molecule has 2 fully saturated rings. The Bertz CT molecular complexity index is 1090. The molecular formula is C26H31N3O. The zero-order valence-corrected chi connectivity index (χ0v) is 18.0. The third-order valence-corrected chi connectivity index (χ3v) is 9.27. The highest BCUT2D eigenvalue weighted by molar-refractivity contribution is 5.80. The summed E-state index contributed by atoms with van der Waals surface area (Å²) in [5, 5.41) is 3.04. The molecule has 1 aromatic carbocycles. The average molecular weight is 402 g/mol. The fourth-order valence-electron chi connectivity index (χ4n) is 7.59. The summed E-state index contributed by atoms with van der Waals surface area (Å²) in [5.41, 5.74) is 5.64. The number of hydrogen-bond donors (Lipinski definition) is 1. The molecule has 4 heteroatoms. The molecule has 3 aliphatic carbocycles. The number of aromatic nitrogens is 2. The second kappa shape index (κ2) is 6.32. The number of carbonyl (C=O) groups excluding carboxylic acids is 1. The second-order valence-corrected chi connectivity index (χ2v) is 10.5. The fourth-order valence-corrected chi connectivity index (χ4v) is 7.59. The lowest BCUT2D eigenvalue weighted by atomic mass is 9.48. The Kier molecular flexibility index (Phi) is 3.88. The number of fused-ring (bicyclic) bond motifs is 6. The van der Waals surface area contributed by atoms with Crippen molar-refractivity contribution in [3.05, 3.63) is 48.4 Å². The highest BCUT2D eigenvalue weighted by Gasteiger charge is 2.57. The molecular weight excluding hydrogens is 370 g/mol. The Morgan fingerprint density at radius 2 is 1.93 bits per heavy atom. The predicted molar refractivity (Wildman–Crippen MR) is 119 cm³/mol. The van der Waals surface area contributed by atoms with E-state index in [0.29, 0.717) is 18.3 Å². The van der Waals surface area contributed by atoms with Gasteiger partial charge in [0.1, 0.15) is 6.33 Å². The van der Waals surface area contributed by atoms with Gasteiger partial charge in [-0.15, -0.1) is 0 Å². The van der Waals surface area contributed by atoms with E-state index in [1.54, 1.807) is 0 Å². The normalized spacial score (nSPS) is 38.1. The summed E-state index contributed by atoms with van der Waals surface area (Å²) in [6.45, 7) is 4.96. The number of benzene rings is 1.